The lowest BCUT2D eigenvalue weighted by molar-refractivity contribution is 0.00564. The third kappa shape index (κ3) is 3.91. The van der Waals surface area contributed by atoms with Crippen molar-refractivity contribution < 1.29 is 13.5 Å². The Bertz CT molecular complexity index is 363. The molecule has 6 heteroatoms. The van der Waals surface area contributed by atoms with Crippen molar-refractivity contribution in [1.29, 1.82) is 0 Å². The van der Waals surface area contributed by atoms with Crippen LogP contribution in [-0.4, -0.2) is 42.1 Å². The zero-order chi connectivity index (χ0) is 14.0. The topological polar surface area (TPSA) is 69.6 Å². The van der Waals surface area contributed by atoms with E-state index in [0.717, 1.165) is 25.7 Å². The normalized spacial score (nSPS) is 20.7. The van der Waals surface area contributed by atoms with Crippen molar-refractivity contribution in [3.05, 3.63) is 0 Å². The third-order valence-corrected chi connectivity index (χ3v) is 5.63. The molecule has 1 aliphatic heterocycles. The number of nitrogens with zero attached hydrogens (tertiary/aromatic N) is 1. The summed E-state index contributed by atoms with van der Waals surface area (Å²) in [6.07, 6.45) is 3.98. The first-order valence-corrected chi connectivity index (χ1v) is 8.02. The van der Waals surface area contributed by atoms with Crippen LogP contribution in [0, 0.1) is 0 Å². The van der Waals surface area contributed by atoms with Crippen LogP contribution in [0.15, 0.2) is 0 Å². The Hall–Kier alpha value is -0.170. The predicted octanol–water partition coefficient (Wildman–Crippen LogP) is 1.25. The Labute approximate surface area is 111 Å². The minimum atomic E-state index is -3.52. The van der Waals surface area contributed by atoms with Gasteiger partial charge < -0.3 is 5.11 Å². The largest absolute Gasteiger partial charge is 0.389 e. The van der Waals surface area contributed by atoms with Crippen molar-refractivity contribution in [2.45, 2.75) is 64.5 Å². The van der Waals surface area contributed by atoms with E-state index in [9.17, 15) is 13.5 Å². The lowest BCUT2D eigenvalue weighted by Gasteiger charge is -2.38. The molecule has 0 unspecified atom stereocenters. The van der Waals surface area contributed by atoms with Crippen molar-refractivity contribution >= 4 is 10.2 Å². The summed E-state index contributed by atoms with van der Waals surface area (Å²) in [5.74, 6) is 0. The second-order valence-electron chi connectivity index (χ2n) is 6.10. The molecule has 0 aliphatic carbocycles. The van der Waals surface area contributed by atoms with Crippen molar-refractivity contribution in [3.63, 3.8) is 0 Å². The highest BCUT2D eigenvalue weighted by molar-refractivity contribution is 7.87. The Morgan fingerprint density at radius 3 is 1.83 bits per heavy atom. The van der Waals surface area contributed by atoms with Gasteiger partial charge in [0.25, 0.3) is 10.2 Å². The average Bonchev–Trinajstić information content (AvgIpc) is 2.41. The number of hydrogen-bond acceptors (Lipinski definition) is 3. The molecule has 0 radical (unpaired) electrons. The minimum Gasteiger partial charge on any atom is -0.389 e. The molecule has 0 amide bonds. The molecule has 1 fully saturated rings. The van der Waals surface area contributed by atoms with E-state index in [1.165, 1.54) is 4.31 Å². The van der Waals surface area contributed by atoms with Crippen molar-refractivity contribution in [1.82, 2.24) is 9.03 Å². The molecule has 0 saturated carbocycles. The van der Waals surface area contributed by atoms with E-state index in [4.69, 9.17) is 0 Å². The summed E-state index contributed by atoms with van der Waals surface area (Å²) in [6.45, 7) is 7.75. The van der Waals surface area contributed by atoms with E-state index in [0.29, 0.717) is 13.1 Å². The molecule has 1 heterocycles. The standard InChI is InChI=1S/C12H26N2O3S/c1-11(2,12(3,4)15)13-18(16,17)14-9-7-5-6-8-10-14/h13,15H,5-10H2,1-4H3. The lowest BCUT2D eigenvalue weighted by atomic mass is 9.87. The zero-order valence-electron chi connectivity index (χ0n) is 11.9. The molecular formula is C12H26N2O3S. The maximum absolute atomic E-state index is 12.3. The summed E-state index contributed by atoms with van der Waals surface area (Å²) in [4.78, 5) is 0. The summed E-state index contributed by atoms with van der Waals surface area (Å²) >= 11 is 0. The van der Waals surface area contributed by atoms with Gasteiger partial charge in [-0.2, -0.15) is 17.4 Å². The Morgan fingerprint density at radius 1 is 1.00 bits per heavy atom. The smallest absolute Gasteiger partial charge is 0.280 e. The molecule has 0 aromatic rings. The molecule has 0 aromatic heterocycles. The molecule has 1 aliphatic rings. The van der Waals surface area contributed by atoms with Gasteiger partial charge >= 0.3 is 0 Å². The van der Waals surface area contributed by atoms with Gasteiger partial charge in [-0.25, -0.2) is 0 Å². The highest BCUT2D eigenvalue weighted by Crippen LogP contribution is 2.23. The van der Waals surface area contributed by atoms with Gasteiger partial charge in [0.15, 0.2) is 0 Å². The van der Waals surface area contributed by atoms with Gasteiger partial charge in [0.1, 0.15) is 0 Å². The Kier molecular flexibility index (Phi) is 4.81. The van der Waals surface area contributed by atoms with E-state index in [1.54, 1.807) is 27.7 Å². The fourth-order valence-electron chi connectivity index (χ4n) is 1.79. The molecule has 2 N–H and O–H groups in total. The van der Waals surface area contributed by atoms with Crippen LogP contribution in [0.3, 0.4) is 0 Å². The molecular weight excluding hydrogens is 252 g/mol. The first-order valence-electron chi connectivity index (χ1n) is 6.58. The quantitative estimate of drug-likeness (QED) is 0.813. The maximum Gasteiger partial charge on any atom is 0.280 e. The molecule has 5 nitrogen and oxygen atoms in total. The van der Waals surface area contributed by atoms with Crippen molar-refractivity contribution in [2.24, 2.45) is 0 Å². The van der Waals surface area contributed by atoms with Crippen molar-refractivity contribution in [2.75, 3.05) is 13.1 Å². The highest BCUT2D eigenvalue weighted by atomic mass is 32.2. The van der Waals surface area contributed by atoms with Crippen LogP contribution >= 0.6 is 0 Å². The molecule has 1 rings (SSSR count). The average molecular weight is 278 g/mol. The van der Waals surface area contributed by atoms with Crippen LogP contribution in [-0.2, 0) is 10.2 Å². The van der Waals surface area contributed by atoms with Crippen molar-refractivity contribution in [3.8, 4) is 0 Å². The van der Waals surface area contributed by atoms with E-state index in [1.807, 2.05) is 0 Å². The van der Waals surface area contributed by atoms with Crippen LogP contribution < -0.4 is 4.72 Å². The monoisotopic (exact) mass is 278 g/mol. The second kappa shape index (κ2) is 5.45. The van der Waals surface area contributed by atoms with Crippen LogP contribution in [0.4, 0.5) is 0 Å². The number of hydrogen-bond donors (Lipinski definition) is 2. The van der Waals surface area contributed by atoms with Gasteiger partial charge in [0, 0.05) is 13.1 Å². The summed E-state index contributed by atoms with van der Waals surface area (Å²) in [7, 11) is -3.52. The molecule has 0 bridgehead atoms. The Balaban J connectivity index is 2.81. The van der Waals surface area contributed by atoms with Gasteiger partial charge in [-0.3, -0.25) is 0 Å². The van der Waals surface area contributed by atoms with Gasteiger partial charge in [-0.1, -0.05) is 12.8 Å². The van der Waals surface area contributed by atoms with Gasteiger partial charge in [0.2, 0.25) is 0 Å². The first-order chi connectivity index (χ1) is 8.06. The molecule has 108 valence electrons. The lowest BCUT2D eigenvalue weighted by Crippen LogP contribution is -2.60. The summed E-state index contributed by atoms with van der Waals surface area (Å²) < 4.78 is 28.7. The predicted molar refractivity (Wildman–Crippen MR) is 72.5 cm³/mol. The highest BCUT2D eigenvalue weighted by Gasteiger charge is 2.40. The fourth-order valence-corrected chi connectivity index (χ4v) is 3.56. The number of nitrogens with one attached hydrogen (secondary N) is 1. The maximum atomic E-state index is 12.3. The van der Waals surface area contributed by atoms with E-state index >= 15 is 0 Å². The molecule has 18 heavy (non-hydrogen) atoms. The first kappa shape index (κ1) is 15.9. The molecule has 1 saturated heterocycles. The summed E-state index contributed by atoms with van der Waals surface area (Å²) in [6, 6.07) is 0. The second-order valence-corrected chi connectivity index (χ2v) is 7.78. The van der Waals surface area contributed by atoms with E-state index < -0.39 is 21.3 Å². The van der Waals surface area contributed by atoms with Crippen LogP contribution in [0.5, 0.6) is 0 Å². The SMILES string of the molecule is CC(C)(O)C(C)(C)NS(=O)(=O)N1CCCCCC1. The summed E-state index contributed by atoms with van der Waals surface area (Å²) in [5, 5.41) is 10.0. The van der Waals surface area contributed by atoms with E-state index in [-0.39, 0.29) is 0 Å². The molecule has 0 aromatic carbocycles. The van der Waals surface area contributed by atoms with E-state index in [2.05, 4.69) is 4.72 Å². The number of rotatable bonds is 4. The Morgan fingerprint density at radius 2 is 1.44 bits per heavy atom. The third-order valence-electron chi connectivity index (χ3n) is 3.82. The van der Waals surface area contributed by atoms with Crippen LogP contribution in [0.2, 0.25) is 0 Å². The van der Waals surface area contributed by atoms with Crippen LogP contribution in [0.25, 0.3) is 0 Å². The van der Waals surface area contributed by atoms with Crippen LogP contribution in [0.1, 0.15) is 53.4 Å². The zero-order valence-corrected chi connectivity index (χ0v) is 12.7. The van der Waals surface area contributed by atoms with Gasteiger partial charge in [-0.05, 0) is 40.5 Å². The fraction of sp³-hybridized carbons (Fsp3) is 1.00. The van der Waals surface area contributed by atoms with Gasteiger partial charge in [0.05, 0.1) is 11.1 Å². The minimum absolute atomic E-state index is 0.567. The summed E-state index contributed by atoms with van der Waals surface area (Å²) in [5.41, 5.74) is -2.02. The molecule has 0 spiro atoms. The number of aliphatic hydroxyl groups is 1. The molecule has 0 atom stereocenters. The van der Waals surface area contributed by atoms with Gasteiger partial charge in [-0.15, -0.1) is 0 Å².